The van der Waals surface area contributed by atoms with Crippen molar-refractivity contribution in [1.82, 2.24) is 9.36 Å². The van der Waals surface area contributed by atoms with Crippen LogP contribution in [0, 0.1) is 0 Å². The molecule has 72 valence electrons. The van der Waals surface area contributed by atoms with Gasteiger partial charge in [0.25, 0.3) is 0 Å². The van der Waals surface area contributed by atoms with Gasteiger partial charge in [0.2, 0.25) is 0 Å². The molecule has 0 saturated heterocycles. The van der Waals surface area contributed by atoms with E-state index in [2.05, 4.69) is 9.36 Å². The van der Waals surface area contributed by atoms with Crippen LogP contribution in [0.5, 0.6) is 5.75 Å². The number of hydrogen-bond donors (Lipinski definition) is 1. The Morgan fingerprint density at radius 3 is 3.00 bits per heavy atom. The molecule has 1 aromatic heterocycles. The number of methoxy groups -OCH3 is 1. The van der Waals surface area contributed by atoms with E-state index in [1.54, 1.807) is 7.11 Å². The molecule has 5 heteroatoms. The minimum Gasteiger partial charge on any atom is -0.497 e. The number of nitrogens with zero attached hydrogens (tertiary/aromatic N) is 1. The molecule has 0 aliphatic carbocycles. The Balaban J connectivity index is 2.46. The number of ether oxygens (including phenoxy) is 1. The Kier molecular flexibility index (Phi) is 2.32. The molecule has 0 aliphatic rings. The Bertz CT molecular complexity index is 489. The summed E-state index contributed by atoms with van der Waals surface area (Å²) in [5.74, 6) is 0.755. The topological polar surface area (TPSA) is 55.0 Å². The number of hydrogen-bond acceptors (Lipinski definition) is 4. The van der Waals surface area contributed by atoms with Gasteiger partial charge in [0, 0.05) is 5.56 Å². The van der Waals surface area contributed by atoms with Crippen LogP contribution in [0.2, 0.25) is 0 Å². The van der Waals surface area contributed by atoms with Crippen molar-refractivity contribution in [2.45, 2.75) is 0 Å². The van der Waals surface area contributed by atoms with Gasteiger partial charge in [-0.05, 0) is 23.7 Å². The molecule has 0 saturated carbocycles. The van der Waals surface area contributed by atoms with Crippen LogP contribution in [0.4, 0.5) is 0 Å². The molecule has 0 unspecified atom stereocenters. The van der Waals surface area contributed by atoms with Gasteiger partial charge in [-0.3, -0.25) is 4.37 Å². The van der Waals surface area contributed by atoms with E-state index in [9.17, 15) is 4.79 Å². The van der Waals surface area contributed by atoms with Crippen molar-refractivity contribution < 1.29 is 4.74 Å². The fourth-order valence-electron chi connectivity index (χ4n) is 1.11. The molecule has 0 radical (unpaired) electrons. The first-order valence-corrected chi connectivity index (χ1v) is 4.81. The summed E-state index contributed by atoms with van der Waals surface area (Å²) in [7, 11) is 1.60. The van der Waals surface area contributed by atoms with E-state index in [-0.39, 0.29) is 5.69 Å². The summed E-state index contributed by atoms with van der Waals surface area (Å²) in [6, 6.07) is 7.43. The molecule has 1 aromatic carbocycles. The summed E-state index contributed by atoms with van der Waals surface area (Å²) in [5, 5.41) is 0.675. The van der Waals surface area contributed by atoms with E-state index in [4.69, 9.17) is 4.74 Å². The smallest absolute Gasteiger partial charge is 0.355 e. The first-order valence-electron chi connectivity index (χ1n) is 3.99. The van der Waals surface area contributed by atoms with Gasteiger partial charge in [0.05, 0.1) is 7.11 Å². The first kappa shape index (κ1) is 8.96. The maximum atomic E-state index is 10.8. The average Bonchev–Trinajstić information content (AvgIpc) is 2.65. The van der Waals surface area contributed by atoms with Crippen molar-refractivity contribution >= 4 is 11.5 Å². The largest absolute Gasteiger partial charge is 0.497 e. The molecular formula is C9H8N2O2S. The van der Waals surface area contributed by atoms with Gasteiger partial charge in [-0.15, -0.1) is 0 Å². The van der Waals surface area contributed by atoms with Gasteiger partial charge in [-0.2, -0.15) is 4.98 Å². The van der Waals surface area contributed by atoms with Crippen LogP contribution in [0.25, 0.3) is 10.6 Å². The van der Waals surface area contributed by atoms with E-state index in [1.165, 1.54) is 11.5 Å². The highest BCUT2D eigenvalue weighted by Crippen LogP contribution is 2.22. The lowest BCUT2D eigenvalue weighted by atomic mass is 10.2. The third kappa shape index (κ3) is 1.67. The predicted molar refractivity (Wildman–Crippen MR) is 54.7 cm³/mol. The Morgan fingerprint density at radius 2 is 2.36 bits per heavy atom. The lowest BCUT2D eigenvalue weighted by Crippen LogP contribution is -1.99. The zero-order valence-electron chi connectivity index (χ0n) is 7.48. The summed E-state index contributed by atoms with van der Waals surface area (Å²) in [4.78, 5) is 14.6. The lowest BCUT2D eigenvalue weighted by Gasteiger charge is -2.00. The zero-order chi connectivity index (χ0) is 9.97. The third-order valence-electron chi connectivity index (χ3n) is 1.75. The van der Waals surface area contributed by atoms with Crippen molar-refractivity contribution in [3.05, 3.63) is 34.7 Å². The molecule has 4 nitrogen and oxygen atoms in total. The molecule has 0 bridgehead atoms. The average molecular weight is 208 g/mol. The summed E-state index contributed by atoms with van der Waals surface area (Å²) >= 11 is 1.22. The summed E-state index contributed by atoms with van der Waals surface area (Å²) in [6.07, 6.45) is 0. The molecule has 1 N–H and O–H groups in total. The van der Waals surface area contributed by atoms with Gasteiger partial charge < -0.3 is 4.74 Å². The highest BCUT2D eigenvalue weighted by molar-refractivity contribution is 7.09. The minimum absolute atomic E-state index is 0.312. The standard InChI is InChI=1S/C9H8N2O2S/c1-13-7-4-2-3-6(5-7)8-10-9(12)11-14-8/h2-5H,1H3,(H,11,12). The normalized spacial score (nSPS) is 10.1. The highest BCUT2D eigenvalue weighted by Gasteiger charge is 2.03. The van der Waals surface area contributed by atoms with Crippen molar-refractivity contribution in [1.29, 1.82) is 0 Å². The number of aromatic amines is 1. The number of rotatable bonds is 2. The van der Waals surface area contributed by atoms with Gasteiger partial charge in [0.1, 0.15) is 10.8 Å². The van der Waals surface area contributed by atoms with Crippen LogP contribution >= 0.6 is 11.5 Å². The van der Waals surface area contributed by atoms with E-state index in [0.717, 1.165) is 11.3 Å². The third-order valence-corrected chi connectivity index (χ3v) is 2.55. The van der Waals surface area contributed by atoms with E-state index in [1.807, 2.05) is 24.3 Å². The van der Waals surface area contributed by atoms with E-state index < -0.39 is 0 Å². The zero-order valence-corrected chi connectivity index (χ0v) is 8.30. The Labute approximate surface area is 84.3 Å². The SMILES string of the molecule is COc1cccc(-c2nc(=O)[nH]s2)c1. The summed E-state index contributed by atoms with van der Waals surface area (Å²) < 4.78 is 7.61. The van der Waals surface area contributed by atoms with Crippen LogP contribution in [0.1, 0.15) is 0 Å². The second-order valence-corrected chi connectivity index (χ2v) is 3.45. The minimum atomic E-state index is -0.312. The maximum absolute atomic E-state index is 10.8. The number of aromatic nitrogens is 2. The monoisotopic (exact) mass is 208 g/mol. The van der Waals surface area contributed by atoms with Gasteiger partial charge in [-0.25, -0.2) is 4.79 Å². The van der Waals surface area contributed by atoms with Crippen LogP contribution < -0.4 is 10.4 Å². The molecule has 0 aliphatic heterocycles. The van der Waals surface area contributed by atoms with Gasteiger partial charge >= 0.3 is 5.69 Å². The van der Waals surface area contributed by atoms with Crippen LogP contribution in [0.3, 0.4) is 0 Å². The molecule has 2 rings (SSSR count). The number of nitrogens with one attached hydrogen (secondary N) is 1. The molecular weight excluding hydrogens is 200 g/mol. The van der Waals surface area contributed by atoms with Crippen molar-refractivity contribution in [2.75, 3.05) is 7.11 Å². The summed E-state index contributed by atoms with van der Waals surface area (Å²) in [6.45, 7) is 0. The van der Waals surface area contributed by atoms with E-state index in [0.29, 0.717) is 5.01 Å². The second kappa shape index (κ2) is 3.63. The molecule has 0 amide bonds. The molecule has 0 spiro atoms. The number of benzene rings is 1. The molecule has 14 heavy (non-hydrogen) atoms. The molecule has 0 fully saturated rings. The second-order valence-electron chi connectivity index (χ2n) is 2.66. The van der Waals surface area contributed by atoms with E-state index >= 15 is 0 Å². The Hall–Kier alpha value is -1.62. The number of H-pyrrole nitrogens is 1. The van der Waals surface area contributed by atoms with Crippen LogP contribution in [-0.4, -0.2) is 16.5 Å². The van der Waals surface area contributed by atoms with Crippen molar-refractivity contribution in [3.8, 4) is 16.3 Å². The first-order chi connectivity index (χ1) is 6.79. The quantitative estimate of drug-likeness (QED) is 0.813. The molecule has 0 atom stereocenters. The van der Waals surface area contributed by atoms with Gasteiger partial charge in [0.15, 0.2) is 0 Å². The Morgan fingerprint density at radius 1 is 1.50 bits per heavy atom. The maximum Gasteiger partial charge on any atom is 0.355 e. The predicted octanol–water partition coefficient (Wildman–Crippen LogP) is 1.51. The van der Waals surface area contributed by atoms with Gasteiger partial charge in [-0.1, -0.05) is 12.1 Å². The molecule has 2 aromatic rings. The van der Waals surface area contributed by atoms with Crippen LogP contribution in [-0.2, 0) is 0 Å². The fourth-order valence-corrected chi connectivity index (χ4v) is 1.71. The molecule has 1 heterocycles. The highest BCUT2D eigenvalue weighted by atomic mass is 32.1. The summed E-state index contributed by atoms with van der Waals surface area (Å²) in [5.41, 5.74) is 0.570. The van der Waals surface area contributed by atoms with Crippen molar-refractivity contribution in [3.63, 3.8) is 0 Å². The lowest BCUT2D eigenvalue weighted by molar-refractivity contribution is 0.415. The van der Waals surface area contributed by atoms with Crippen molar-refractivity contribution in [2.24, 2.45) is 0 Å². The van der Waals surface area contributed by atoms with Crippen LogP contribution in [0.15, 0.2) is 29.1 Å². The fraction of sp³-hybridized carbons (Fsp3) is 0.111.